The number of carbonyl (C=O) groups is 1. The van der Waals surface area contributed by atoms with Crippen LogP contribution >= 0.6 is 11.3 Å². The van der Waals surface area contributed by atoms with Gasteiger partial charge in [-0.1, -0.05) is 29.0 Å². The van der Waals surface area contributed by atoms with Gasteiger partial charge in [0.1, 0.15) is 0 Å². The largest absolute Gasteiger partial charge is 0.481 e. The Balaban J connectivity index is 1.85. The molecule has 2 heterocycles. The summed E-state index contributed by atoms with van der Waals surface area (Å²) in [6.07, 6.45) is 1.56. The van der Waals surface area contributed by atoms with Gasteiger partial charge in [0.25, 0.3) is 0 Å². The van der Waals surface area contributed by atoms with Crippen LogP contribution in [0.2, 0.25) is 0 Å². The molecule has 5 nitrogen and oxygen atoms in total. The molecule has 0 unspecified atom stereocenters. The molecular weight excluding hydrogens is 322 g/mol. The van der Waals surface area contributed by atoms with Crippen LogP contribution in [0.25, 0.3) is 0 Å². The SMILES string of the molecule is COc1cc(C(=O)c2sc(Nc3ccc(C)cc3)nc2C)ccn1. The molecule has 24 heavy (non-hydrogen) atoms. The number of hydrogen-bond donors (Lipinski definition) is 1. The third kappa shape index (κ3) is 3.44. The van der Waals surface area contributed by atoms with Gasteiger partial charge in [-0.2, -0.15) is 0 Å². The highest BCUT2D eigenvalue weighted by Crippen LogP contribution is 2.28. The number of thiazole rings is 1. The van der Waals surface area contributed by atoms with Crippen LogP contribution in [0.15, 0.2) is 42.6 Å². The first-order chi connectivity index (χ1) is 11.6. The molecule has 0 bridgehead atoms. The second-order valence-electron chi connectivity index (χ2n) is 5.34. The molecule has 3 rings (SSSR count). The number of aryl methyl sites for hydroxylation is 2. The van der Waals surface area contributed by atoms with Gasteiger partial charge in [0, 0.05) is 23.5 Å². The summed E-state index contributed by atoms with van der Waals surface area (Å²) < 4.78 is 5.08. The van der Waals surface area contributed by atoms with Crippen molar-refractivity contribution >= 4 is 27.9 Å². The summed E-state index contributed by atoms with van der Waals surface area (Å²) >= 11 is 1.34. The van der Waals surface area contributed by atoms with Gasteiger partial charge in [-0.25, -0.2) is 9.97 Å². The standard InChI is InChI=1S/C18H17N3O2S/c1-11-4-6-14(7-5-11)21-18-20-12(2)17(24-18)16(22)13-8-9-19-15(10-13)23-3/h4-10H,1-3H3,(H,20,21). The molecule has 6 heteroatoms. The van der Waals surface area contributed by atoms with Crippen molar-refractivity contribution in [3.63, 3.8) is 0 Å². The van der Waals surface area contributed by atoms with Gasteiger partial charge >= 0.3 is 0 Å². The van der Waals surface area contributed by atoms with Gasteiger partial charge in [0.2, 0.25) is 11.7 Å². The Hall–Kier alpha value is -2.73. The predicted octanol–water partition coefficient (Wildman–Crippen LogP) is 4.14. The third-order valence-corrected chi connectivity index (χ3v) is 4.58. The van der Waals surface area contributed by atoms with E-state index in [2.05, 4.69) is 15.3 Å². The molecular formula is C18H17N3O2S. The van der Waals surface area contributed by atoms with Gasteiger partial charge in [-0.3, -0.25) is 4.79 Å². The lowest BCUT2D eigenvalue weighted by Crippen LogP contribution is -2.01. The summed E-state index contributed by atoms with van der Waals surface area (Å²) in [6.45, 7) is 3.87. The molecule has 0 aliphatic heterocycles. The van der Waals surface area contributed by atoms with Crippen molar-refractivity contribution in [2.24, 2.45) is 0 Å². The first kappa shape index (κ1) is 16.1. The highest BCUT2D eigenvalue weighted by atomic mass is 32.1. The molecule has 1 N–H and O–H groups in total. The zero-order chi connectivity index (χ0) is 17.1. The molecule has 2 aromatic heterocycles. The predicted molar refractivity (Wildman–Crippen MR) is 95.5 cm³/mol. The summed E-state index contributed by atoms with van der Waals surface area (Å²) in [5.41, 5.74) is 3.38. The lowest BCUT2D eigenvalue weighted by Gasteiger charge is -2.02. The molecule has 122 valence electrons. The number of rotatable bonds is 5. The Morgan fingerprint density at radius 2 is 1.92 bits per heavy atom. The van der Waals surface area contributed by atoms with E-state index in [-0.39, 0.29) is 5.78 Å². The monoisotopic (exact) mass is 339 g/mol. The fourth-order valence-electron chi connectivity index (χ4n) is 2.21. The molecule has 0 aliphatic rings. The second-order valence-corrected chi connectivity index (χ2v) is 6.34. The first-order valence-corrected chi connectivity index (χ1v) is 8.24. The van der Waals surface area contributed by atoms with Crippen LogP contribution in [0.4, 0.5) is 10.8 Å². The topological polar surface area (TPSA) is 64.1 Å². The van der Waals surface area contributed by atoms with Crippen molar-refractivity contribution in [1.29, 1.82) is 0 Å². The number of nitrogens with zero attached hydrogens (tertiary/aromatic N) is 2. The summed E-state index contributed by atoms with van der Waals surface area (Å²) in [6, 6.07) is 11.3. The molecule has 0 atom stereocenters. The number of hydrogen-bond acceptors (Lipinski definition) is 6. The Labute approximate surface area is 144 Å². The van der Waals surface area contributed by atoms with Gasteiger partial charge in [0.15, 0.2) is 5.13 Å². The summed E-state index contributed by atoms with van der Waals surface area (Å²) in [7, 11) is 1.53. The van der Waals surface area contributed by atoms with Crippen LogP contribution in [-0.2, 0) is 0 Å². The maximum absolute atomic E-state index is 12.7. The van der Waals surface area contributed by atoms with E-state index in [0.717, 1.165) is 5.69 Å². The molecule has 1 aromatic carbocycles. The van der Waals surface area contributed by atoms with E-state index in [1.54, 1.807) is 18.3 Å². The van der Waals surface area contributed by atoms with Crippen molar-refractivity contribution in [1.82, 2.24) is 9.97 Å². The molecule has 0 aliphatic carbocycles. The van der Waals surface area contributed by atoms with Crippen molar-refractivity contribution in [3.05, 3.63) is 64.3 Å². The second kappa shape index (κ2) is 6.80. The molecule has 3 aromatic rings. The van der Waals surface area contributed by atoms with E-state index in [1.165, 1.54) is 24.0 Å². The maximum atomic E-state index is 12.7. The van der Waals surface area contributed by atoms with E-state index in [0.29, 0.717) is 27.1 Å². The molecule has 0 saturated carbocycles. The number of carbonyl (C=O) groups excluding carboxylic acids is 1. The van der Waals surface area contributed by atoms with E-state index in [9.17, 15) is 4.79 Å². The highest BCUT2D eigenvalue weighted by molar-refractivity contribution is 7.17. The van der Waals surface area contributed by atoms with Crippen LogP contribution in [0.1, 0.15) is 26.5 Å². The van der Waals surface area contributed by atoms with Gasteiger partial charge in [0.05, 0.1) is 17.7 Å². The Bertz CT molecular complexity index is 872. The van der Waals surface area contributed by atoms with Crippen LogP contribution in [0.5, 0.6) is 5.88 Å². The number of anilines is 2. The lowest BCUT2D eigenvalue weighted by atomic mass is 10.1. The van der Waals surface area contributed by atoms with Crippen LogP contribution in [0, 0.1) is 13.8 Å². The summed E-state index contributed by atoms with van der Waals surface area (Å²) in [5.74, 6) is 0.337. The van der Waals surface area contributed by atoms with E-state index in [1.807, 2.05) is 38.1 Å². The number of ketones is 1. The fourth-order valence-corrected chi connectivity index (χ4v) is 3.16. The van der Waals surface area contributed by atoms with Gasteiger partial charge < -0.3 is 10.1 Å². The Morgan fingerprint density at radius 1 is 1.17 bits per heavy atom. The number of aromatic nitrogens is 2. The third-order valence-electron chi connectivity index (χ3n) is 3.51. The van der Waals surface area contributed by atoms with Crippen molar-refractivity contribution in [2.45, 2.75) is 13.8 Å². The smallest absolute Gasteiger partial charge is 0.213 e. The molecule has 0 fully saturated rings. The van der Waals surface area contributed by atoms with Crippen LogP contribution in [0.3, 0.4) is 0 Å². The van der Waals surface area contributed by atoms with Crippen molar-refractivity contribution < 1.29 is 9.53 Å². The molecule has 0 amide bonds. The van der Waals surface area contributed by atoms with Gasteiger partial charge in [-0.15, -0.1) is 0 Å². The van der Waals surface area contributed by atoms with E-state index < -0.39 is 0 Å². The number of ether oxygens (including phenoxy) is 1. The number of benzene rings is 1. The van der Waals surface area contributed by atoms with Crippen molar-refractivity contribution in [2.75, 3.05) is 12.4 Å². The van der Waals surface area contributed by atoms with Crippen LogP contribution in [-0.4, -0.2) is 22.9 Å². The minimum absolute atomic E-state index is 0.0809. The fraction of sp³-hybridized carbons (Fsp3) is 0.167. The Kier molecular flexibility index (Phi) is 4.57. The quantitative estimate of drug-likeness (QED) is 0.708. The van der Waals surface area contributed by atoms with Gasteiger partial charge in [-0.05, 0) is 32.0 Å². The molecule has 0 radical (unpaired) electrons. The first-order valence-electron chi connectivity index (χ1n) is 7.42. The molecule has 0 spiro atoms. The lowest BCUT2D eigenvalue weighted by molar-refractivity contribution is 0.104. The Morgan fingerprint density at radius 3 is 2.62 bits per heavy atom. The zero-order valence-corrected chi connectivity index (χ0v) is 14.5. The van der Waals surface area contributed by atoms with E-state index >= 15 is 0 Å². The summed E-state index contributed by atoms with van der Waals surface area (Å²) in [5, 5.41) is 3.93. The van der Waals surface area contributed by atoms with Crippen molar-refractivity contribution in [3.8, 4) is 5.88 Å². The highest BCUT2D eigenvalue weighted by Gasteiger charge is 2.18. The average molecular weight is 339 g/mol. The summed E-state index contributed by atoms with van der Waals surface area (Å²) in [4.78, 5) is 21.8. The number of nitrogens with one attached hydrogen (secondary N) is 1. The average Bonchev–Trinajstić information content (AvgIpc) is 2.96. The minimum atomic E-state index is -0.0809. The normalized spacial score (nSPS) is 10.5. The zero-order valence-electron chi connectivity index (χ0n) is 13.7. The maximum Gasteiger partial charge on any atom is 0.213 e. The van der Waals surface area contributed by atoms with Crippen LogP contribution < -0.4 is 10.1 Å². The minimum Gasteiger partial charge on any atom is -0.481 e. The number of methoxy groups -OCH3 is 1. The van der Waals surface area contributed by atoms with E-state index in [4.69, 9.17) is 4.74 Å². The number of pyridine rings is 1. The molecule has 0 saturated heterocycles.